The highest BCUT2D eigenvalue weighted by Gasteiger charge is 2.23. The molecule has 0 amide bonds. The van der Waals surface area contributed by atoms with Gasteiger partial charge in [-0.15, -0.1) is 0 Å². The lowest BCUT2D eigenvalue weighted by Crippen LogP contribution is -2.00. The third kappa shape index (κ3) is 2.78. The first kappa shape index (κ1) is 16.1. The van der Waals surface area contributed by atoms with Gasteiger partial charge >= 0.3 is 0 Å². The number of rotatable bonds is 3. The summed E-state index contributed by atoms with van der Waals surface area (Å²) >= 11 is 0. The van der Waals surface area contributed by atoms with Crippen LogP contribution in [0, 0.1) is 6.92 Å². The summed E-state index contributed by atoms with van der Waals surface area (Å²) in [6.07, 6.45) is 2.02. The van der Waals surface area contributed by atoms with Gasteiger partial charge in [0.25, 0.3) is 0 Å². The highest BCUT2D eigenvalue weighted by molar-refractivity contribution is 5.85. The summed E-state index contributed by atoms with van der Waals surface area (Å²) in [4.78, 5) is 0. The molecule has 0 bridgehead atoms. The first-order chi connectivity index (χ1) is 13.3. The first-order valence-corrected chi connectivity index (χ1v) is 9.64. The van der Waals surface area contributed by atoms with Crippen LogP contribution in [0.15, 0.2) is 91.0 Å². The highest BCUT2D eigenvalue weighted by Crippen LogP contribution is 2.43. The molecule has 130 valence electrons. The smallest absolute Gasteiger partial charge is 0.00107 e. The molecule has 5 rings (SSSR count). The van der Waals surface area contributed by atoms with Crippen molar-refractivity contribution < 1.29 is 0 Å². The third-order valence-electron chi connectivity index (χ3n) is 5.83. The van der Waals surface area contributed by atoms with E-state index >= 15 is 0 Å². The van der Waals surface area contributed by atoms with Crippen LogP contribution in [0.25, 0.3) is 22.3 Å². The van der Waals surface area contributed by atoms with Crippen LogP contribution in [0.2, 0.25) is 0 Å². The molecule has 4 aromatic rings. The fourth-order valence-electron chi connectivity index (χ4n) is 4.40. The molecule has 0 saturated carbocycles. The van der Waals surface area contributed by atoms with Gasteiger partial charge in [0, 0.05) is 0 Å². The molecule has 0 aliphatic heterocycles. The fraction of sp³-hybridized carbons (Fsp3) is 0.111. The lowest BCUT2D eigenvalue weighted by atomic mass is 9.86. The molecule has 0 heterocycles. The molecule has 4 aromatic carbocycles. The van der Waals surface area contributed by atoms with Crippen molar-refractivity contribution >= 4 is 0 Å². The van der Waals surface area contributed by atoms with Crippen molar-refractivity contribution in [2.75, 3.05) is 0 Å². The average Bonchev–Trinajstić information content (AvgIpc) is 3.10. The maximum Gasteiger partial charge on any atom is -0.00107 e. The zero-order valence-electron chi connectivity index (χ0n) is 15.6. The van der Waals surface area contributed by atoms with E-state index in [-0.39, 0.29) is 0 Å². The Bertz CT molecular complexity index is 1110. The van der Waals surface area contributed by atoms with Gasteiger partial charge in [-0.1, -0.05) is 84.9 Å². The Balaban J connectivity index is 1.74. The van der Waals surface area contributed by atoms with Gasteiger partial charge in [0.2, 0.25) is 0 Å². The van der Waals surface area contributed by atoms with Gasteiger partial charge in [-0.05, 0) is 75.9 Å². The zero-order chi connectivity index (χ0) is 18.2. The topological polar surface area (TPSA) is 0 Å². The molecular formula is C27H22. The van der Waals surface area contributed by atoms with E-state index in [1.165, 1.54) is 50.1 Å². The molecule has 0 nitrogen and oxygen atoms in total. The van der Waals surface area contributed by atoms with E-state index in [1.807, 2.05) is 0 Å². The maximum absolute atomic E-state index is 2.43. The van der Waals surface area contributed by atoms with Gasteiger partial charge in [-0.25, -0.2) is 0 Å². The predicted molar refractivity (Wildman–Crippen MR) is 114 cm³/mol. The molecule has 0 fully saturated rings. The van der Waals surface area contributed by atoms with Crippen LogP contribution in [0.1, 0.15) is 27.8 Å². The minimum absolute atomic E-state index is 0.973. The number of hydrogen-bond donors (Lipinski definition) is 0. The molecule has 0 aromatic heterocycles. The van der Waals surface area contributed by atoms with E-state index in [9.17, 15) is 0 Å². The molecule has 1 aliphatic carbocycles. The fourth-order valence-corrected chi connectivity index (χ4v) is 4.40. The molecule has 0 unspecified atom stereocenters. The molecule has 0 spiro atoms. The van der Waals surface area contributed by atoms with Gasteiger partial charge in [-0.2, -0.15) is 0 Å². The summed E-state index contributed by atoms with van der Waals surface area (Å²) in [5.41, 5.74) is 12.7. The zero-order valence-corrected chi connectivity index (χ0v) is 15.6. The van der Waals surface area contributed by atoms with Crippen molar-refractivity contribution in [2.45, 2.75) is 19.8 Å². The second-order valence-corrected chi connectivity index (χ2v) is 7.42. The van der Waals surface area contributed by atoms with E-state index in [0.29, 0.717) is 0 Å². The predicted octanol–water partition coefficient (Wildman–Crippen LogP) is 6.82. The Morgan fingerprint density at radius 2 is 1.33 bits per heavy atom. The van der Waals surface area contributed by atoms with Crippen molar-refractivity contribution in [3.8, 4) is 22.3 Å². The SMILES string of the molecule is Cc1c(Cc2ccccc2)c(-c2ccccc2)cc2c1Cc1ccccc1-2. The van der Waals surface area contributed by atoms with E-state index < -0.39 is 0 Å². The molecular weight excluding hydrogens is 324 g/mol. The van der Waals surface area contributed by atoms with Crippen LogP contribution >= 0.6 is 0 Å². The van der Waals surface area contributed by atoms with Gasteiger partial charge in [0.15, 0.2) is 0 Å². The van der Waals surface area contributed by atoms with E-state index in [0.717, 1.165) is 12.8 Å². The minimum atomic E-state index is 0.973. The van der Waals surface area contributed by atoms with Gasteiger partial charge < -0.3 is 0 Å². The lowest BCUT2D eigenvalue weighted by molar-refractivity contribution is 1.12. The van der Waals surface area contributed by atoms with Crippen molar-refractivity contribution in [3.63, 3.8) is 0 Å². The summed E-state index contributed by atoms with van der Waals surface area (Å²) in [5.74, 6) is 0. The number of fused-ring (bicyclic) bond motifs is 3. The van der Waals surface area contributed by atoms with Crippen molar-refractivity contribution in [1.82, 2.24) is 0 Å². The first-order valence-electron chi connectivity index (χ1n) is 9.64. The molecule has 0 heteroatoms. The summed E-state index contributed by atoms with van der Waals surface area (Å²) in [7, 11) is 0. The molecule has 0 saturated heterocycles. The van der Waals surface area contributed by atoms with Crippen molar-refractivity contribution in [2.24, 2.45) is 0 Å². The standard InChI is InChI=1S/C27H22/c1-19-24(16-20-10-4-2-5-11-20)26(21-12-6-3-7-13-21)18-27-23-15-9-8-14-22(23)17-25(19)27/h2-15,18H,16-17H2,1H3. The van der Waals surface area contributed by atoms with Crippen LogP contribution < -0.4 is 0 Å². The lowest BCUT2D eigenvalue weighted by Gasteiger charge is -2.18. The molecule has 0 N–H and O–H groups in total. The van der Waals surface area contributed by atoms with Crippen LogP contribution in [0.5, 0.6) is 0 Å². The van der Waals surface area contributed by atoms with E-state index in [2.05, 4.69) is 97.9 Å². The van der Waals surface area contributed by atoms with Gasteiger partial charge in [-0.3, -0.25) is 0 Å². The average molecular weight is 346 g/mol. The van der Waals surface area contributed by atoms with Crippen LogP contribution in [-0.2, 0) is 12.8 Å². The molecule has 0 radical (unpaired) electrons. The Kier molecular flexibility index (Phi) is 3.90. The van der Waals surface area contributed by atoms with Gasteiger partial charge in [0.05, 0.1) is 0 Å². The summed E-state index contributed by atoms with van der Waals surface area (Å²) in [6, 6.07) is 32.9. The van der Waals surface area contributed by atoms with Crippen molar-refractivity contribution in [3.05, 3.63) is 119 Å². The third-order valence-corrected chi connectivity index (χ3v) is 5.83. The number of hydrogen-bond acceptors (Lipinski definition) is 0. The molecule has 1 aliphatic rings. The minimum Gasteiger partial charge on any atom is -0.0622 e. The van der Waals surface area contributed by atoms with Crippen LogP contribution in [0.3, 0.4) is 0 Å². The largest absolute Gasteiger partial charge is 0.0622 e. The second-order valence-electron chi connectivity index (χ2n) is 7.42. The summed E-state index contributed by atoms with van der Waals surface area (Å²) in [6.45, 7) is 2.31. The highest BCUT2D eigenvalue weighted by atomic mass is 14.3. The summed E-state index contributed by atoms with van der Waals surface area (Å²) in [5, 5.41) is 0. The Morgan fingerprint density at radius 3 is 2.11 bits per heavy atom. The Labute approximate surface area is 161 Å². The van der Waals surface area contributed by atoms with Crippen LogP contribution in [0.4, 0.5) is 0 Å². The monoisotopic (exact) mass is 346 g/mol. The maximum atomic E-state index is 2.43. The van der Waals surface area contributed by atoms with Crippen LogP contribution in [-0.4, -0.2) is 0 Å². The number of benzene rings is 4. The summed E-state index contributed by atoms with van der Waals surface area (Å²) < 4.78 is 0. The second kappa shape index (κ2) is 6.55. The molecule has 0 atom stereocenters. The Morgan fingerprint density at radius 1 is 0.667 bits per heavy atom. The molecule has 27 heavy (non-hydrogen) atoms. The van der Waals surface area contributed by atoms with Crippen molar-refractivity contribution in [1.29, 1.82) is 0 Å². The van der Waals surface area contributed by atoms with Gasteiger partial charge in [0.1, 0.15) is 0 Å². The van der Waals surface area contributed by atoms with E-state index in [4.69, 9.17) is 0 Å². The Hall–Kier alpha value is -3.12. The normalized spacial score (nSPS) is 11.9. The van der Waals surface area contributed by atoms with E-state index in [1.54, 1.807) is 0 Å². The quantitative estimate of drug-likeness (QED) is 0.336.